The van der Waals surface area contributed by atoms with Gasteiger partial charge in [0.2, 0.25) is 6.35 Å². The highest BCUT2D eigenvalue weighted by Gasteiger charge is 2.30. The van der Waals surface area contributed by atoms with E-state index in [2.05, 4.69) is 9.68 Å². The number of halogens is 1. The molecule has 0 aliphatic heterocycles. The maximum absolute atomic E-state index is 14.8. The summed E-state index contributed by atoms with van der Waals surface area (Å²) in [5.41, 5.74) is 3.45. The van der Waals surface area contributed by atoms with Crippen LogP contribution in [0.3, 0.4) is 0 Å². The van der Waals surface area contributed by atoms with Crippen LogP contribution in [0, 0.1) is 5.82 Å². The van der Waals surface area contributed by atoms with E-state index in [9.17, 15) is 18.8 Å². The smallest absolute Gasteiger partial charge is 0.233 e. The molecule has 0 saturated carbocycles. The molecule has 5 N–H and O–H groups in total. The Labute approximate surface area is 174 Å². The summed E-state index contributed by atoms with van der Waals surface area (Å²) in [5, 5.41) is 31.2. The Morgan fingerprint density at radius 3 is 2.28 bits per heavy atom. The van der Waals surface area contributed by atoms with E-state index in [1.165, 1.54) is 0 Å². The first kappa shape index (κ1) is 20.7. The van der Waals surface area contributed by atoms with E-state index in [1.54, 1.807) is 25.3 Å². The third-order valence-corrected chi connectivity index (χ3v) is 8.60. The minimum Gasteiger partial charge on any atom is -0.386 e. The molecule has 0 radical (unpaired) electrons. The van der Waals surface area contributed by atoms with E-state index >= 15 is 0 Å². The number of aliphatic hydroxyl groups is 2. The van der Waals surface area contributed by atoms with Crippen LogP contribution >= 0.6 is 11.3 Å². The fraction of sp³-hybridized carbons (Fsp3) is 0.500. The molecule has 29 heavy (non-hydrogen) atoms. The number of benzene rings is 1. The Balaban J connectivity index is 1.66. The number of nitrogens with one attached hydrogen (secondary N) is 1. The minimum atomic E-state index is -3.36. The Kier molecular flexibility index (Phi) is 5.23. The second-order valence-corrected chi connectivity index (χ2v) is 11.2. The van der Waals surface area contributed by atoms with Gasteiger partial charge in [0.15, 0.2) is 0 Å². The number of nitrogens with zero attached hydrogens (tertiary/aromatic N) is 1. The molecule has 158 valence electrons. The van der Waals surface area contributed by atoms with Crippen LogP contribution in [0.5, 0.6) is 0 Å². The maximum Gasteiger partial charge on any atom is 0.233 e. The zero-order valence-electron chi connectivity index (χ0n) is 16.5. The van der Waals surface area contributed by atoms with Gasteiger partial charge in [0.25, 0.3) is 0 Å². The van der Waals surface area contributed by atoms with Crippen LogP contribution in [0.2, 0.25) is 0 Å². The van der Waals surface area contributed by atoms with Crippen molar-refractivity contribution >= 4 is 26.9 Å². The minimum absolute atomic E-state index is 0.0951. The number of rotatable bonds is 5. The van der Waals surface area contributed by atoms with Crippen molar-refractivity contribution in [2.24, 2.45) is 9.50 Å². The van der Waals surface area contributed by atoms with E-state index < -0.39 is 21.9 Å². The largest absolute Gasteiger partial charge is 0.386 e. The van der Waals surface area contributed by atoms with Gasteiger partial charge in [0, 0.05) is 5.69 Å². The standard InChI is InChI=1S/C20H26FN3O3S2/c1-20(2,26)11-9-16(28-10-11)29(22,27)24-19(25)23-18-14-7-3-5-12(14)17(21)13-6-4-8-15(13)18/h9-10,19,23,25-26H,3-8H2,1-2H3,(H2,22,24,27). The molecule has 0 amide bonds. The van der Waals surface area contributed by atoms with Crippen LogP contribution in [-0.2, 0) is 41.2 Å². The summed E-state index contributed by atoms with van der Waals surface area (Å²) < 4.78 is 31.9. The van der Waals surface area contributed by atoms with Crippen molar-refractivity contribution in [1.29, 1.82) is 0 Å². The molecule has 2 atom stereocenters. The summed E-state index contributed by atoms with van der Waals surface area (Å²) in [6.07, 6.45) is 3.13. The van der Waals surface area contributed by atoms with Gasteiger partial charge in [-0.3, -0.25) is 0 Å². The third-order valence-electron chi connectivity index (χ3n) is 5.67. The molecule has 0 fully saturated rings. The van der Waals surface area contributed by atoms with Gasteiger partial charge < -0.3 is 15.5 Å². The van der Waals surface area contributed by atoms with E-state index in [0.717, 1.165) is 65.0 Å². The normalized spacial score (nSPS) is 18.8. The van der Waals surface area contributed by atoms with Crippen molar-refractivity contribution in [2.75, 3.05) is 5.32 Å². The molecule has 1 aromatic carbocycles. The van der Waals surface area contributed by atoms with Crippen LogP contribution < -0.4 is 10.5 Å². The van der Waals surface area contributed by atoms with E-state index in [-0.39, 0.29) is 10.0 Å². The van der Waals surface area contributed by atoms with Crippen molar-refractivity contribution in [3.8, 4) is 0 Å². The summed E-state index contributed by atoms with van der Waals surface area (Å²) in [6, 6.07) is 1.55. The Morgan fingerprint density at radius 1 is 1.21 bits per heavy atom. The molecule has 0 spiro atoms. The second kappa shape index (κ2) is 7.31. The Bertz CT molecular complexity index is 1050. The molecular weight excluding hydrogens is 413 g/mol. The highest BCUT2D eigenvalue weighted by Crippen LogP contribution is 2.41. The Hall–Kier alpha value is -1.52. The van der Waals surface area contributed by atoms with Crippen molar-refractivity contribution in [3.63, 3.8) is 0 Å². The lowest BCUT2D eigenvalue weighted by Gasteiger charge is -2.20. The molecule has 1 heterocycles. The maximum atomic E-state index is 14.8. The predicted molar refractivity (Wildman–Crippen MR) is 113 cm³/mol. The molecule has 0 saturated heterocycles. The molecule has 2 aliphatic rings. The lowest BCUT2D eigenvalue weighted by molar-refractivity contribution is 0.0789. The highest BCUT2D eigenvalue weighted by atomic mass is 32.2. The number of hydrogen-bond donors (Lipinski definition) is 4. The van der Waals surface area contributed by atoms with Crippen molar-refractivity contribution in [1.82, 2.24) is 0 Å². The van der Waals surface area contributed by atoms with Gasteiger partial charge in [-0.1, -0.05) is 0 Å². The van der Waals surface area contributed by atoms with Gasteiger partial charge in [-0.2, -0.15) is 4.36 Å². The van der Waals surface area contributed by atoms with E-state index in [1.807, 2.05) is 0 Å². The van der Waals surface area contributed by atoms with Crippen molar-refractivity contribution in [3.05, 3.63) is 45.1 Å². The summed E-state index contributed by atoms with van der Waals surface area (Å²) in [4.78, 5) is 0. The molecule has 4 rings (SSSR count). The topological polar surface area (TPSA) is 108 Å². The number of aliphatic hydroxyl groups excluding tert-OH is 1. The lowest BCUT2D eigenvalue weighted by atomic mass is 9.98. The number of nitrogens with two attached hydrogens (primary N) is 1. The van der Waals surface area contributed by atoms with Gasteiger partial charge in [-0.25, -0.2) is 13.7 Å². The second-order valence-electron chi connectivity index (χ2n) is 8.22. The van der Waals surface area contributed by atoms with Crippen molar-refractivity contribution in [2.45, 2.75) is 68.5 Å². The van der Waals surface area contributed by atoms with Gasteiger partial charge in [-0.15, -0.1) is 11.3 Å². The molecular formula is C20H26FN3O3S2. The SMILES string of the molecule is CC(C)(O)c1csc(S(N)(=O)=NC(O)Nc2c3c(c(F)c4c2CCC4)CCC3)c1. The number of hydrogen-bond acceptors (Lipinski definition) is 6. The number of thiophene rings is 1. The summed E-state index contributed by atoms with van der Waals surface area (Å²) in [7, 11) is -3.36. The molecule has 0 bridgehead atoms. The lowest BCUT2D eigenvalue weighted by Crippen LogP contribution is -2.23. The zero-order chi connectivity index (χ0) is 21.0. The molecule has 2 unspecified atom stereocenters. The summed E-state index contributed by atoms with van der Waals surface area (Å²) in [5.74, 6) is -0.0951. The summed E-state index contributed by atoms with van der Waals surface area (Å²) >= 11 is 1.13. The molecule has 9 heteroatoms. The first-order chi connectivity index (χ1) is 13.6. The first-order valence-electron chi connectivity index (χ1n) is 9.73. The fourth-order valence-electron chi connectivity index (χ4n) is 4.21. The van der Waals surface area contributed by atoms with Gasteiger partial charge in [0.1, 0.15) is 19.9 Å². The van der Waals surface area contributed by atoms with E-state index in [0.29, 0.717) is 18.4 Å². The average Bonchev–Trinajstić information content (AvgIpc) is 3.37. The van der Waals surface area contributed by atoms with Crippen LogP contribution in [-0.4, -0.2) is 20.8 Å². The molecule has 1 aromatic heterocycles. The van der Waals surface area contributed by atoms with Crippen LogP contribution in [0.15, 0.2) is 20.0 Å². The first-order valence-corrected chi connectivity index (χ1v) is 12.2. The Morgan fingerprint density at radius 2 is 1.76 bits per heavy atom. The third kappa shape index (κ3) is 3.82. The van der Waals surface area contributed by atoms with Crippen LogP contribution in [0.25, 0.3) is 0 Å². The fourth-order valence-corrected chi connectivity index (χ4v) is 6.58. The number of fused-ring (bicyclic) bond motifs is 2. The monoisotopic (exact) mass is 439 g/mol. The van der Waals surface area contributed by atoms with Gasteiger partial charge in [0.05, 0.1) is 5.60 Å². The quantitative estimate of drug-likeness (QED) is 0.537. The van der Waals surface area contributed by atoms with Gasteiger partial charge >= 0.3 is 0 Å². The van der Waals surface area contributed by atoms with Crippen LogP contribution in [0.4, 0.5) is 10.1 Å². The van der Waals surface area contributed by atoms with Crippen LogP contribution in [0.1, 0.15) is 54.5 Å². The van der Waals surface area contributed by atoms with Gasteiger partial charge in [-0.05, 0) is 91.6 Å². The van der Waals surface area contributed by atoms with E-state index in [4.69, 9.17) is 5.14 Å². The zero-order valence-corrected chi connectivity index (χ0v) is 18.1. The number of anilines is 1. The molecule has 2 aliphatic carbocycles. The molecule has 2 aromatic rings. The highest BCUT2D eigenvalue weighted by molar-refractivity contribution is 7.93. The summed E-state index contributed by atoms with van der Waals surface area (Å²) in [6.45, 7) is 3.25. The molecule has 6 nitrogen and oxygen atoms in total. The van der Waals surface area contributed by atoms with Crippen molar-refractivity contribution < 1.29 is 18.8 Å². The predicted octanol–water partition coefficient (Wildman–Crippen LogP) is 3.18. The average molecular weight is 440 g/mol.